The third-order valence-electron chi connectivity index (χ3n) is 7.46. The van der Waals surface area contributed by atoms with E-state index in [4.69, 9.17) is 23.2 Å². The first-order chi connectivity index (χ1) is 17.8. The molecule has 0 N–H and O–H groups in total. The van der Waals surface area contributed by atoms with Gasteiger partial charge in [0.05, 0.1) is 28.6 Å². The minimum atomic E-state index is -0.934. The molecule has 3 aliphatic heterocycles. The number of hydrogen-bond donors (Lipinski definition) is 0. The fraction of sp³-hybridized carbons (Fsp3) is 0.172. The number of benzene rings is 3. The molecule has 0 bridgehead atoms. The Balaban J connectivity index is 1.48. The van der Waals surface area contributed by atoms with Crippen molar-refractivity contribution >= 4 is 58.3 Å². The normalized spacial score (nSPS) is 23.6. The van der Waals surface area contributed by atoms with Crippen molar-refractivity contribution in [1.29, 1.82) is 0 Å². The van der Waals surface area contributed by atoms with E-state index in [1.54, 1.807) is 42.6 Å². The monoisotopic (exact) mass is 530 g/mol. The molecule has 0 aromatic heterocycles. The van der Waals surface area contributed by atoms with Crippen LogP contribution in [0.5, 0.6) is 0 Å². The van der Waals surface area contributed by atoms with E-state index in [1.807, 2.05) is 35.2 Å². The number of fused-ring (bicyclic) bond motifs is 5. The molecule has 0 spiro atoms. The van der Waals surface area contributed by atoms with E-state index in [0.29, 0.717) is 16.3 Å². The quantitative estimate of drug-likeness (QED) is 0.324. The van der Waals surface area contributed by atoms with Crippen molar-refractivity contribution in [2.75, 3.05) is 4.90 Å². The smallest absolute Gasteiger partial charge is 0.240 e. The summed E-state index contributed by atoms with van der Waals surface area (Å²) in [6.07, 6.45) is 3.69. The molecule has 3 aromatic carbocycles. The van der Waals surface area contributed by atoms with Gasteiger partial charge in [0.1, 0.15) is 6.04 Å². The number of rotatable bonds is 4. The zero-order chi connectivity index (χ0) is 26.0. The number of ketones is 2. The number of nitrogens with zero attached hydrogens (tertiary/aromatic N) is 2. The van der Waals surface area contributed by atoms with Crippen LogP contribution < -0.4 is 4.90 Å². The summed E-state index contributed by atoms with van der Waals surface area (Å²) in [6, 6.07) is 17.2. The zero-order valence-corrected chi connectivity index (χ0v) is 21.1. The number of anilines is 1. The van der Waals surface area contributed by atoms with Gasteiger partial charge in [-0.15, -0.1) is 0 Å². The van der Waals surface area contributed by atoms with Crippen LogP contribution in [0.15, 0.2) is 72.9 Å². The number of carbonyl (C=O) groups excluding carboxylic acids is 4. The van der Waals surface area contributed by atoms with Gasteiger partial charge in [0.2, 0.25) is 11.8 Å². The first-order valence-corrected chi connectivity index (χ1v) is 12.6. The molecule has 2 saturated heterocycles. The van der Waals surface area contributed by atoms with Crippen molar-refractivity contribution in [3.05, 3.63) is 105 Å². The van der Waals surface area contributed by atoms with Crippen LogP contribution in [0, 0.1) is 11.8 Å². The molecule has 2 amide bonds. The largest absolute Gasteiger partial charge is 0.358 e. The molecule has 6 rings (SSSR count). The van der Waals surface area contributed by atoms with Crippen LogP contribution in [-0.2, 0) is 9.59 Å². The van der Waals surface area contributed by atoms with E-state index in [2.05, 4.69) is 0 Å². The summed E-state index contributed by atoms with van der Waals surface area (Å²) < 4.78 is 0. The second-order valence-electron chi connectivity index (χ2n) is 9.44. The van der Waals surface area contributed by atoms with E-state index in [-0.39, 0.29) is 28.1 Å². The summed E-state index contributed by atoms with van der Waals surface area (Å²) in [5, 5.41) is 0.579. The van der Waals surface area contributed by atoms with Crippen molar-refractivity contribution in [3.8, 4) is 0 Å². The number of carbonyl (C=O) groups is 4. The average molecular weight is 531 g/mol. The lowest BCUT2D eigenvalue weighted by Crippen LogP contribution is -2.44. The van der Waals surface area contributed by atoms with E-state index in [1.165, 1.54) is 13.0 Å². The topological polar surface area (TPSA) is 74.8 Å². The molecule has 0 aliphatic carbocycles. The SMILES string of the molecule is CC(=O)c1ccc(N2C(=O)[C@@H]3[C@H](C2=O)[C@@H]2c4ccccc4C=CN2[C@@H]3C(=O)c2ccc(Cl)cc2Cl)cc1. The number of amides is 2. The molecule has 0 saturated carbocycles. The Morgan fingerprint density at radius 1 is 0.865 bits per heavy atom. The number of halogens is 2. The standard InChI is InChI=1S/C29H20Cl2N2O4/c1-15(34)16-6-9-19(10-7-16)33-28(36)23-24(29(33)37)26(27(35)21-11-8-18(30)14-22(21)31)32-13-12-17-4-2-3-5-20(17)25(23)32/h2-14,23-26H,1H3/t23-,24+,25-,26-/m0/s1. The van der Waals surface area contributed by atoms with Gasteiger partial charge >= 0.3 is 0 Å². The summed E-state index contributed by atoms with van der Waals surface area (Å²) >= 11 is 12.5. The van der Waals surface area contributed by atoms with Gasteiger partial charge in [-0.2, -0.15) is 0 Å². The summed E-state index contributed by atoms with van der Waals surface area (Å²) in [7, 11) is 0. The van der Waals surface area contributed by atoms with Gasteiger partial charge in [0, 0.05) is 22.3 Å². The van der Waals surface area contributed by atoms with Crippen molar-refractivity contribution in [2.45, 2.75) is 19.0 Å². The lowest BCUT2D eigenvalue weighted by molar-refractivity contribution is -0.123. The summed E-state index contributed by atoms with van der Waals surface area (Å²) in [5.41, 5.74) is 2.91. The highest BCUT2D eigenvalue weighted by Crippen LogP contribution is 2.54. The van der Waals surface area contributed by atoms with E-state index in [0.717, 1.165) is 16.0 Å². The molecule has 37 heavy (non-hydrogen) atoms. The van der Waals surface area contributed by atoms with Crippen molar-refractivity contribution in [2.24, 2.45) is 11.8 Å². The minimum Gasteiger partial charge on any atom is -0.358 e. The van der Waals surface area contributed by atoms with Gasteiger partial charge in [0.25, 0.3) is 0 Å². The molecule has 4 atom stereocenters. The summed E-state index contributed by atoms with van der Waals surface area (Å²) in [6.45, 7) is 1.45. The third kappa shape index (κ3) is 3.55. The maximum atomic E-state index is 14.0. The van der Waals surface area contributed by atoms with Gasteiger partial charge in [-0.3, -0.25) is 19.2 Å². The first kappa shape index (κ1) is 23.6. The van der Waals surface area contributed by atoms with Crippen LogP contribution in [0.3, 0.4) is 0 Å². The third-order valence-corrected chi connectivity index (χ3v) is 8.01. The fourth-order valence-corrected chi connectivity index (χ4v) is 6.31. The van der Waals surface area contributed by atoms with Gasteiger partial charge in [0.15, 0.2) is 11.6 Å². The summed E-state index contributed by atoms with van der Waals surface area (Å²) in [4.78, 5) is 56.6. The Bertz CT molecular complexity index is 1530. The van der Waals surface area contributed by atoms with Crippen LogP contribution in [0.1, 0.15) is 44.8 Å². The van der Waals surface area contributed by atoms with Gasteiger partial charge in [-0.05, 0) is 66.6 Å². The summed E-state index contributed by atoms with van der Waals surface area (Å²) in [5.74, 6) is -2.98. The van der Waals surface area contributed by atoms with Crippen molar-refractivity contribution < 1.29 is 19.2 Å². The van der Waals surface area contributed by atoms with Crippen LogP contribution in [0.4, 0.5) is 5.69 Å². The molecular formula is C29H20Cl2N2O4. The average Bonchev–Trinajstić information content (AvgIpc) is 3.36. The van der Waals surface area contributed by atoms with Gasteiger partial charge in [-0.1, -0.05) is 47.5 Å². The van der Waals surface area contributed by atoms with Crippen LogP contribution in [0.2, 0.25) is 10.0 Å². The number of Topliss-reactive ketones (excluding diaryl/α,β-unsaturated/α-hetero) is 2. The highest BCUT2D eigenvalue weighted by atomic mass is 35.5. The molecule has 2 fully saturated rings. The fourth-order valence-electron chi connectivity index (χ4n) is 5.81. The van der Waals surface area contributed by atoms with E-state index < -0.39 is 29.8 Å². The predicted molar refractivity (Wildman–Crippen MR) is 141 cm³/mol. The number of hydrogen-bond acceptors (Lipinski definition) is 5. The Morgan fingerprint density at radius 3 is 2.27 bits per heavy atom. The predicted octanol–water partition coefficient (Wildman–Crippen LogP) is 5.59. The molecule has 8 heteroatoms. The molecule has 0 radical (unpaired) electrons. The number of imide groups is 1. The van der Waals surface area contributed by atoms with Crippen molar-refractivity contribution in [1.82, 2.24) is 4.90 Å². The first-order valence-electron chi connectivity index (χ1n) is 11.8. The lowest BCUT2D eigenvalue weighted by atomic mass is 9.83. The Hall–Kier alpha value is -3.74. The van der Waals surface area contributed by atoms with Crippen LogP contribution >= 0.6 is 23.2 Å². The zero-order valence-electron chi connectivity index (χ0n) is 19.6. The molecule has 0 unspecified atom stereocenters. The molecule has 184 valence electrons. The Kier molecular flexibility index (Phi) is 5.55. The molecular weight excluding hydrogens is 511 g/mol. The second-order valence-corrected chi connectivity index (χ2v) is 10.3. The highest BCUT2D eigenvalue weighted by molar-refractivity contribution is 6.37. The van der Waals surface area contributed by atoms with E-state index >= 15 is 0 Å². The minimum absolute atomic E-state index is 0.116. The molecule has 3 aliphatic rings. The lowest BCUT2D eigenvalue weighted by Gasteiger charge is -2.35. The van der Waals surface area contributed by atoms with E-state index in [9.17, 15) is 19.2 Å². The molecule has 3 heterocycles. The second kappa shape index (κ2) is 8.68. The molecule has 6 nitrogen and oxygen atoms in total. The van der Waals surface area contributed by atoms with Crippen LogP contribution in [-0.4, -0.2) is 34.3 Å². The maximum Gasteiger partial charge on any atom is 0.240 e. The van der Waals surface area contributed by atoms with Gasteiger partial charge in [-0.25, -0.2) is 4.90 Å². The maximum absolute atomic E-state index is 14.0. The van der Waals surface area contributed by atoms with Crippen molar-refractivity contribution in [3.63, 3.8) is 0 Å². The highest BCUT2D eigenvalue weighted by Gasteiger charge is 2.64. The van der Waals surface area contributed by atoms with Gasteiger partial charge < -0.3 is 4.90 Å². The molecule has 3 aromatic rings. The Labute approximate surface area is 223 Å². The van der Waals surface area contributed by atoms with Crippen LogP contribution in [0.25, 0.3) is 6.08 Å². The Morgan fingerprint density at radius 2 is 1.57 bits per heavy atom.